The highest BCUT2D eigenvalue weighted by molar-refractivity contribution is 6.05. The molecule has 0 saturated carbocycles. The van der Waals surface area contributed by atoms with Crippen LogP contribution in [-0.4, -0.2) is 16.8 Å². The third kappa shape index (κ3) is 4.11. The molecule has 0 fully saturated rings. The number of hydrogen-bond donors (Lipinski definition) is 2. The van der Waals surface area contributed by atoms with Gasteiger partial charge in [-0.25, -0.2) is 0 Å². The topological polar surface area (TPSA) is 84.2 Å². The maximum absolute atomic E-state index is 12.3. The number of anilines is 2. The lowest BCUT2D eigenvalue weighted by Crippen LogP contribution is -2.14. The molecule has 2 N–H and O–H groups in total. The van der Waals surface area contributed by atoms with Crippen molar-refractivity contribution < 1.29 is 14.0 Å². The van der Waals surface area contributed by atoms with E-state index in [2.05, 4.69) is 15.6 Å². The second-order valence-electron chi connectivity index (χ2n) is 5.69. The van der Waals surface area contributed by atoms with Crippen molar-refractivity contribution in [3.63, 3.8) is 0 Å². The van der Waals surface area contributed by atoms with Gasteiger partial charge in [0.2, 0.25) is 0 Å². The van der Waals surface area contributed by atoms with Crippen molar-refractivity contribution in [2.24, 2.45) is 0 Å². The quantitative estimate of drug-likeness (QED) is 0.759. The van der Waals surface area contributed by atoms with Gasteiger partial charge in [-0.05, 0) is 49.2 Å². The van der Waals surface area contributed by atoms with Crippen molar-refractivity contribution in [1.82, 2.24) is 4.98 Å². The van der Waals surface area contributed by atoms with E-state index in [1.54, 1.807) is 24.3 Å². The van der Waals surface area contributed by atoms with Crippen molar-refractivity contribution in [3.8, 4) is 0 Å². The van der Waals surface area contributed by atoms with Gasteiger partial charge in [-0.1, -0.05) is 24.3 Å². The molecule has 0 aliphatic carbocycles. The SMILES string of the molecule is Cc1cc(C)cc(NC(=O)c2coc(NC(=O)c3ccccc3)n2)c1. The minimum atomic E-state index is -0.408. The number of aryl methyl sites for hydroxylation is 2. The fourth-order valence-electron chi connectivity index (χ4n) is 2.44. The number of nitrogens with zero attached hydrogens (tertiary/aromatic N) is 1. The highest BCUT2D eigenvalue weighted by Gasteiger charge is 2.15. The maximum atomic E-state index is 12.3. The zero-order valence-electron chi connectivity index (χ0n) is 13.9. The molecule has 1 aromatic heterocycles. The first-order chi connectivity index (χ1) is 12.0. The molecular formula is C19H17N3O3. The molecule has 0 atom stereocenters. The van der Waals surface area contributed by atoms with Gasteiger partial charge in [-0.15, -0.1) is 0 Å². The second kappa shape index (κ2) is 7.00. The Morgan fingerprint density at radius 2 is 1.60 bits per heavy atom. The molecule has 2 aromatic carbocycles. The van der Waals surface area contributed by atoms with Crippen LogP contribution in [0.5, 0.6) is 0 Å². The summed E-state index contributed by atoms with van der Waals surface area (Å²) in [7, 11) is 0. The van der Waals surface area contributed by atoms with E-state index in [0.717, 1.165) is 11.1 Å². The van der Waals surface area contributed by atoms with Crippen LogP contribution in [0.25, 0.3) is 0 Å². The Hall–Kier alpha value is -3.41. The molecule has 0 aliphatic rings. The first-order valence-electron chi connectivity index (χ1n) is 7.73. The predicted molar refractivity (Wildman–Crippen MR) is 94.8 cm³/mol. The van der Waals surface area contributed by atoms with Gasteiger partial charge in [0.05, 0.1) is 0 Å². The molecule has 0 spiro atoms. The van der Waals surface area contributed by atoms with Gasteiger partial charge in [-0.2, -0.15) is 4.98 Å². The van der Waals surface area contributed by atoms with Gasteiger partial charge in [-0.3, -0.25) is 14.9 Å². The normalized spacial score (nSPS) is 10.3. The standard InChI is InChI=1S/C19H17N3O3/c1-12-8-13(2)10-15(9-12)20-18(24)16-11-25-19(21-16)22-17(23)14-6-4-3-5-7-14/h3-11H,1-2H3,(H,20,24)(H,21,22,23). The van der Waals surface area contributed by atoms with E-state index in [1.165, 1.54) is 6.26 Å². The minimum absolute atomic E-state index is 0.0283. The molecule has 1 heterocycles. The van der Waals surface area contributed by atoms with Crippen LogP contribution in [0.15, 0.2) is 59.2 Å². The molecule has 0 unspecified atom stereocenters. The van der Waals surface area contributed by atoms with Gasteiger partial charge in [0.1, 0.15) is 6.26 Å². The Morgan fingerprint density at radius 3 is 2.28 bits per heavy atom. The number of carbonyl (C=O) groups is 2. The van der Waals surface area contributed by atoms with Gasteiger partial charge < -0.3 is 9.73 Å². The van der Waals surface area contributed by atoms with E-state index in [9.17, 15) is 9.59 Å². The number of nitrogens with one attached hydrogen (secondary N) is 2. The highest BCUT2D eigenvalue weighted by atomic mass is 16.4. The molecule has 0 aliphatic heterocycles. The second-order valence-corrected chi connectivity index (χ2v) is 5.69. The van der Waals surface area contributed by atoms with Crippen molar-refractivity contribution in [3.05, 3.63) is 77.2 Å². The molecule has 0 saturated heterocycles. The summed E-state index contributed by atoms with van der Waals surface area (Å²) in [5.41, 5.74) is 3.34. The molecule has 2 amide bonds. The number of amides is 2. The number of oxazole rings is 1. The molecule has 6 nitrogen and oxygen atoms in total. The summed E-state index contributed by atoms with van der Waals surface area (Å²) < 4.78 is 5.16. The summed E-state index contributed by atoms with van der Waals surface area (Å²) in [5.74, 6) is -0.766. The Labute approximate surface area is 144 Å². The Balaban J connectivity index is 1.68. The predicted octanol–water partition coefficient (Wildman–Crippen LogP) is 3.80. The zero-order chi connectivity index (χ0) is 17.8. The maximum Gasteiger partial charge on any atom is 0.302 e. The number of aromatic nitrogens is 1. The average Bonchev–Trinajstić information content (AvgIpc) is 3.03. The fourth-order valence-corrected chi connectivity index (χ4v) is 2.44. The molecule has 0 bridgehead atoms. The average molecular weight is 335 g/mol. The van der Waals surface area contributed by atoms with Crippen molar-refractivity contribution in [2.45, 2.75) is 13.8 Å². The lowest BCUT2D eigenvalue weighted by Gasteiger charge is -2.05. The lowest BCUT2D eigenvalue weighted by molar-refractivity contribution is 0.101. The van der Waals surface area contributed by atoms with Gasteiger partial charge in [0.25, 0.3) is 11.8 Å². The Bertz CT molecular complexity index is 896. The number of rotatable bonds is 4. The third-order valence-corrected chi connectivity index (χ3v) is 3.47. The molecule has 6 heteroatoms. The molecule has 25 heavy (non-hydrogen) atoms. The van der Waals surface area contributed by atoms with E-state index >= 15 is 0 Å². The van der Waals surface area contributed by atoms with E-state index in [1.807, 2.05) is 38.1 Å². The van der Waals surface area contributed by atoms with E-state index in [4.69, 9.17) is 4.42 Å². The zero-order valence-corrected chi connectivity index (χ0v) is 13.9. The first-order valence-corrected chi connectivity index (χ1v) is 7.73. The van der Waals surface area contributed by atoms with E-state index < -0.39 is 5.91 Å². The van der Waals surface area contributed by atoms with Crippen LogP contribution in [-0.2, 0) is 0 Å². The molecule has 126 valence electrons. The number of carbonyl (C=O) groups excluding carboxylic acids is 2. The van der Waals surface area contributed by atoms with Crippen LogP contribution in [0.4, 0.5) is 11.7 Å². The van der Waals surface area contributed by atoms with Crippen LogP contribution in [0.3, 0.4) is 0 Å². The summed E-state index contributed by atoms with van der Waals surface area (Å²) >= 11 is 0. The smallest absolute Gasteiger partial charge is 0.302 e. The van der Waals surface area contributed by atoms with Crippen molar-refractivity contribution in [2.75, 3.05) is 10.6 Å². The fraction of sp³-hybridized carbons (Fsp3) is 0.105. The lowest BCUT2D eigenvalue weighted by atomic mass is 10.1. The van der Waals surface area contributed by atoms with Crippen LogP contribution in [0, 0.1) is 13.8 Å². The van der Waals surface area contributed by atoms with Crippen LogP contribution < -0.4 is 10.6 Å². The molecule has 0 radical (unpaired) electrons. The summed E-state index contributed by atoms with van der Waals surface area (Å²) in [6.07, 6.45) is 1.21. The van der Waals surface area contributed by atoms with E-state index in [0.29, 0.717) is 11.3 Å². The van der Waals surface area contributed by atoms with Crippen molar-refractivity contribution in [1.29, 1.82) is 0 Å². The Kier molecular flexibility index (Phi) is 4.61. The number of benzene rings is 2. The molecular weight excluding hydrogens is 318 g/mol. The summed E-state index contributed by atoms with van der Waals surface area (Å²) in [5, 5.41) is 5.28. The third-order valence-electron chi connectivity index (χ3n) is 3.47. The summed E-state index contributed by atoms with van der Waals surface area (Å²) in [6.45, 7) is 3.91. The van der Waals surface area contributed by atoms with E-state index in [-0.39, 0.29) is 17.6 Å². The van der Waals surface area contributed by atoms with Crippen molar-refractivity contribution >= 4 is 23.5 Å². The minimum Gasteiger partial charge on any atom is -0.431 e. The van der Waals surface area contributed by atoms with Crippen LogP contribution >= 0.6 is 0 Å². The monoisotopic (exact) mass is 335 g/mol. The van der Waals surface area contributed by atoms with Gasteiger partial charge in [0, 0.05) is 11.3 Å². The largest absolute Gasteiger partial charge is 0.431 e. The van der Waals surface area contributed by atoms with Crippen LogP contribution in [0.1, 0.15) is 32.0 Å². The molecule has 3 aromatic rings. The van der Waals surface area contributed by atoms with Gasteiger partial charge in [0.15, 0.2) is 5.69 Å². The Morgan fingerprint density at radius 1 is 0.920 bits per heavy atom. The number of hydrogen-bond acceptors (Lipinski definition) is 4. The van der Waals surface area contributed by atoms with Crippen LogP contribution in [0.2, 0.25) is 0 Å². The first kappa shape index (κ1) is 16.4. The summed E-state index contributed by atoms with van der Waals surface area (Å²) in [6, 6.07) is 14.4. The van der Waals surface area contributed by atoms with Gasteiger partial charge >= 0.3 is 6.01 Å². The summed E-state index contributed by atoms with van der Waals surface area (Å²) in [4.78, 5) is 28.3. The molecule has 3 rings (SSSR count). The highest BCUT2D eigenvalue weighted by Crippen LogP contribution is 2.16.